The topological polar surface area (TPSA) is 52.7 Å². The normalized spacial score (nSPS) is 16.3. The molecule has 0 saturated carbocycles. The average molecular weight is 468 g/mol. The molecule has 1 aromatic carbocycles. The minimum Gasteiger partial charge on any atom is -0.331 e. The van der Waals surface area contributed by atoms with Gasteiger partial charge < -0.3 is 15.1 Å². The number of nitrogens with zero attached hydrogens (tertiary/aromatic N) is 2. The van der Waals surface area contributed by atoms with Crippen molar-refractivity contribution in [2.45, 2.75) is 38.8 Å². The van der Waals surface area contributed by atoms with Gasteiger partial charge in [-0.15, -0.1) is 11.3 Å². The van der Waals surface area contributed by atoms with Gasteiger partial charge in [0.25, 0.3) is 0 Å². The zero-order chi connectivity index (χ0) is 22.0. The van der Waals surface area contributed by atoms with Gasteiger partial charge in [-0.2, -0.15) is 0 Å². The minimum atomic E-state index is -0.305. The Hall–Kier alpha value is -1.60. The SMILES string of the molecule is CC(=O)c1ccsc1-c1ccc(C(C)NC(=O)N(C)C2CCN(C)CC2)c(Cl)c1Cl. The maximum Gasteiger partial charge on any atom is 0.317 e. The highest BCUT2D eigenvalue weighted by atomic mass is 35.5. The van der Waals surface area contributed by atoms with Gasteiger partial charge in [0.2, 0.25) is 0 Å². The van der Waals surface area contributed by atoms with E-state index in [1.54, 1.807) is 11.0 Å². The van der Waals surface area contributed by atoms with Crippen molar-refractivity contribution in [3.8, 4) is 10.4 Å². The molecule has 30 heavy (non-hydrogen) atoms. The average Bonchev–Trinajstić information content (AvgIpc) is 3.19. The largest absolute Gasteiger partial charge is 0.331 e. The minimum absolute atomic E-state index is 0.0138. The summed E-state index contributed by atoms with van der Waals surface area (Å²) >= 11 is 14.6. The lowest BCUT2D eigenvalue weighted by Crippen LogP contribution is -2.48. The molecular formula is C22H27Cl2N3O2S. The number of carbonyl (C=O) groups excluding carboxylic acids is 2. The monoisotopic (exact) mass is 467 g/mol. The maximum absolute atomic E-state index is 12.8. The number of likely N-dealkylation sites (tertiary alicyclic amines) is 1. The van der Waals surface area contributed by atoms with Crippen LogP contribution < -0.4 is 5.32 Å². The molecular weight excluding hydrogens is 441 g/mol. The maximum atomic E-state index is 12.8. The molecule has 1 saturated heterocycles. The highest BCUT2D eigenvalue weighted by Crippen LogP contribution is 2.41. The Morgan fingerprint density at radius 3 is 2.50 bits per heavy atom. The fourth-order valence-corrected chi connectivity index (χ4v) is 5.41. The third-order valence-corrected chi connectivity index (χ3v) is 7.61. The van der Waals surface area contributed by atoms with Gasteiger partial charge in [0.05, 0.1) is 16.1 Å². The number of piperidine rings is 1. The first-order chi connectivity index (χ1) is 14.2. The first-order valence-corrected chi connectivity index (χ1v) is 11.6. The predicted molar refractivity (Wildman–Crippen MR) is 125 cm³/mol. The number of Topliss-reactive ketones (excluding diaryl/α,β-unsaturated/α-hetero) is 1. The Labute approximate surface area is 192 Å². The standard InChI is InChI=1S/C22H27Cl2N3O2S/c1-13(25-22(29)27(4)15-7-10-26(3)11-8-15)16-5-6-18(20(24)19(16)23)21-17(14(2)28)9-12-30-21/h5-6,9,12-13,15H,7-8,10-11H2,1-4H3,(H,25,29). The molecule has 8 heteroatoms. The van der Waals surface area contributed by atoms with Crippen LogP contribution in [-0.2, 0) is 0 Å². The molecule has 1 N–H and O–H groups in total. The van der Waals surface area contributed by atoms with Gasteiger partial charge in [0.15, 0.2) is 5.78 Å². The lowest BCUT2D eigenvalue weighted by atomic mass is 10.0. The molecule has 1 aliphatic rings. The summed E-state index contributed by atoms with van der Waals surface area (Å²) in [6.45, 7) is 5.41. The van der Waals surface area contributed by atoms with E-state index in [2.05, 4.69) is 17.3 Å². The molecule has 1 aliphatic heterocycles. The van der Waals surface area contributed by atoms with Gasteiger partial charge in [-0.05, 0) is 63.8 Å². The van der Waals surface area contributed by atoms with Gasteiger partial charge in [-0.25, -0.2) is 4.79 Å². The van der Waals surface area contributed by atoms with E-state index in [1.165, 1.54) is 18.3 Å². The van der Waals surface area contributed by atoms with E-state index in [0.717, 1.165) is 41.9 Å². The van der Waals surface area contributed by atoms with E-state index in [9.17, 15) is 9.59 Å². The lowest BCUT2D eigenvalue weighted by molar-refractivity contribution is 0.101. The van der Waals surface area contributed by atoms with Crippen LogP contribution in [0.1, 0.15) is 48.7 Å². The Morgan fingerprint density at radius 2 is 1.87 bits per heavy atom. The van der Waals surface area contributed by atoms with Crippen LogP contribution in [0.2, 0.25) is 10.0 Å². The number of urea groups is 1. The van der Waals surface area contributed by atoms with E-state index in [0.29, 0.717) is 15.6 Å². The van der Waals surface area contributed by atoms with E-state index < -0.39 is 0 Å². The number of benzene rings is 1. The molecule has 162 valence electrons. The Morgan fingerprint density at radius 1 is 1.20 bits per heavy atom. The van der Waals surface area contributed by atoms with E-state index in [-0.39, 0.29) is 23.9 Å². The molecule has 1 fully saturated rings. The fraction of sp³-hybridized carbons (Fsp3) is 0.455. The highest BCUT2D eigenvalue weighted by Gasteiger charge is 2.26. The second-order valence-electron chi connectivity index (χ2n) is 7.87. The second-order valence-corrected chi connectivity index (χ2v) is 9.54. The molecule has 1 atom stereocenters. The van der Waals surface area contributed by atoms with Crippen molar-refractivity contribution in [1.29, 1.82) is 0 Å². The van der Waals surface area contributed by atoms with Crippen LogP contribution >= 0.6 is 34.5 Å². The summed E-state index contributed by atoms with van der Waals surface area (Å²) in [5, 5.41) is 5.69. The molecule has 0 spiro atoms. The first kappa shape index (κ1) is 23.1. The molecule has 1 unspecified atom stereocenters. The number of nitrogens with one attached hydrogen (secondary N) is 1. The molecule has 1 aromatic heterocycles. The van der Waals surface area contributed by atoms with Crippen molar-refractivity contribution < 1.29 is 9.59 Å². The summed E-state index contributed by atoms with van der Waals surface area (Å²) in [6, 6.07) is 5.34. The summed E-state index contributed by atoms with van der Waals surface area (Å²) in [4.78, 5) is 29.5. The van der Waals surface area contributed by atoms with Crippen molar-refractivity contribution in [2.24, 2.45) is 0 Å². The van der Waals surface area contributed by atoms with Crippen molar-refractivity contribution in [3.05, 3.63) is 44.8 Å². The first-order valence-electron chi connectivity index (χ1n) is 9.99. The predicted octanol–water partition coefficient (Wildman–Crippen LogP) is 5.72. The van der Waals surface area contributed by atoms with Crippen LogP contribution in [0, 0.1) is 0 Å². The summed E-state index contributed by atoms with van der Waals surface area (Å²) in [6.07, 6.45) is 1.94. The summed E-state index contributed by atoms with van der Waals surface area (Å²) in [5.41, 5.74) is 2.11. The van der Waals surface area contributed by atoms with Crippen LogP contribution in [0.15, 0.2) is 23.6 Å². The van der Waals surface area contributed by atoms with Gasteiger partial charge in [-0.3, -0.25) is 4.79 Å². The Balaban J connectivity index is 1.76. The number of amides is 2. The number of rotatable bonds is 5. The van der Waals surface area contributed by atoms with Crippen LogP contribution in [0.25, 0.3) is 10.4 Å². The summed E-state index contributed by atoms with van der Waals surface area (Å²) in [7, 11) is 3.94. The number of hydrogen-bond acceptors (Lipinski definition) is 4. The van der Waals surface area contributed by atoms with Gasteiger partial charge in [0, 0.05) is 29.1 Å². The second kappa shape index (κ2) is 9.69. The van der Waals surface area contributed by atoms with Gasteiger partial charge in [0.1, 0.15) is 0 Å². The summed E-state index contributed by atoms with van der Waals surface area (Å²) < 4.78 is 0. The third kappa shape index (κ3) is 4.83. The number of thiophene rings is 1. The van der Waals surface area contributed by atoms with E-state index in [1.807, 2.05) is 31.5 Å². The van der Waals surface area contributed by atoms with Gasteiger partial charge >= 0.3 is 6.03 Å². The molecule has 3 rings (SSSR count). The van der Waals surface area contributed by atoms with Crippen molar-refractivity contribution in [3.63, 3.8) is 0 Å². The zero-order valence-electron chi connectivity index (χ0n) is 17.7. The molecule has 0 radical (unpaired) electrons. The van der Waals surface area contributed by atoms with Crippen LogP contribution in [0.5, 0.6) is 0 Å². The lowest BCUT2D eigenvalue weighted by Gasteiger charge is -2.35. The number of carbonyl (C=O) groups is 2. The molecule has 0 bridgehead atoms. The summed E-state index contributed by atoms with van der Waals surface area (Å²) in [5.74, 6) is -0.0138. The zero-order valence-corrected chi connectivity index (χ0v) is 20.0. The Bertz CT molecular complexity index is 938. The van der Waals surface area contributed by atoms with Crippen molar-refractivity contribution >= 4 is 46.4 Å². The molecule has 2 heterocycles. The molecule has 5 nitrogen and oxygen atoms in total. The fourth-order valence-electron chi connectivity index (χ4n) is 3.78. The highest BCUT2D eigenvalue weighted by molar-refractivity contribution is 7.14. The smallest absolute Gasteiger partial charge is 0.317 e. The quantitative estimate of drug-likeness (QED) is 0.571. The van der Waals surface area contributed by atoms with E-state index >= 15 is 0 Å². The van der Waals surface area contributed by atoms with Crippen LogP contribution in [0.3, 0.4) is 0 Å². The Kier molecular flexibility index (Phi) is 7.45. The number of halogens is 2. The molecule has 2 aromatic rings. The van der Waals surface area contributed by atoms with E-state index in [4.69, 9.17) is 23.2 Å². The van der Waals surface area contributed by atoms with Crippen molar-refractivity contribution in [2.75, 3.05) is 27.2 Å². The molecule has 0 aliphatic carbocycles. The number of ketones is 1. The number of hydrogen-bond donors (Lipinski definition) is 1. The van der Waals surface area contributed by atoms with Crippen LogP contribution in [0.4, 0.5) is 4.79 Å². The third-order valence-electron chi connectivity index (χ3n) is 5.76. The van der Waals surface area contributed by atoms with Crippen LogP contribution in [-0.4, -0.2) is 54.8 Å². The van der Waals surface area contributed by atoms with Crippen molar-refractivity contribution in [1.82, 2.24) is 15.1 Å². The molecule has 2 amide bonds. The van der Waals surface area contributed by atoms with Gasteiger partial charge in [-0.1, -0.05) is 35.3 Å².